The van der Waals surface area contributed by atoms with E-state index in [1.165, 1.54) is 105 Å². The van der Waals surface area contributed by atoms with E-state index in [4.69, 9.17) is 0 Å². The molecule has 0 N–H and O–H groups in total. The van der Waals surface area contributed by atoms with Crippen LogP contribution in [0.2, 0.25) is 0 Å². The van der Waals surface area contributed by atoms with Gasteiger partial charge in [-0.15, -0.1) is 34.0 Å². The molecule has 0 aliphatic rings. The third-order valence-corrected chi connectivity index (χ3v) is 27.0. The summed E-state index contributed by atoms with van der Waals surface area (Å²) in [6.45, 7) is 0. The molecule has 0 radical (unpaired) electrons. The van der Waals surface area contributed by atoms with Crippen molar-refractivity contribution in [1.82, 2.24) is 0 Å². The number of thiophene rings is 3. The van der Waals surface area contributed by atoms with Gasteiger partial charge in [0.25, 0.3) is 0 Å². The lowest BCUT2D eigenvalue weighted by Gasteiger charge is -2.30. The molecule has 21 aromatic rings. The fraction of sp³-hybridized carbons (Fsp3) is 0.0182. The number of hydrogen-bond donors (Lipinski definition) is 0. The van der Waals surface area contributed by atoms with Gasteiger partial charge in [0.2, 0.25) is 0 Å². The predicted molar refractivity (Wildman–Crippen MR) is 550 cm³/mol. The van der Waals surface area contributed by atoms with E-state index < -0.39 is 0 Å². The van der Waals surface area contributed by atoms with Gasteiger partial charge < -0.3 is 14.7 Å². The van der Waals surface area contributed by atoms with Crippen molar-refractivity contribution in [3.8, 4) is 22.3 Å². The lowest BCUT2D eigenvalue weighted by atomic mass is 10.0. The summed E-state index contributed by atoms with van der Waals surface area (Å²) in [5.74, 6) is 0. The van der Waals surface area contributed by atoms with Crippen LogP contribution in [0.15, 0.2) is 470 Å². The molecule has 0 aliphatic heterocycles. The minimum Gasteiger partial charge on any atom is -0.310 e. The number of para-hydroxylation sites is 3. The molecule has 592 valence electrons. The quantitative estimate of drug-likeness (QED) is 0.101. The van der Waals surface area contributed by atoms with E-state index >= 15 is 0 Å². The first-order valence-corrected chi connectivity index (χ1v) is 47.2. The number of nitrogens with zero attached hydrogens (tertiary/aromatic N) is 3. The van der Waals surface area contributed by atoms with Gasteiger partial charge in [0.15, 0.2) is 0 Å². The minimum atomic E-state index is 0.996. The Kier molecular flexibility index (Phi) is 27.2. The third kappa shape index (κ3) is 20.5. The summed E-state index contributed by atoms with van der Waals surface area (Å²) in [6, 6.07) is 157. The zero-order valence-corrected chi connectivity index (χ0v) is 77.9. The second-order valence-corrected chi connectivity index (χ2v) is 37.9. The second kappa shape index (κ2) is 39.8. The van der Waals surface area contributed by atoms with E-state index in [1.807, 2.05) is 64.3 Å². The van der Waals surface area contributed by atoms with Crippen molar-refractivity contribution in [1.29, 1.82) is 0 Å². The number of anilines is 9. The van der Waals surface area contributed by atoms with Gasteiger partial charge in [-0.2, -0.15) is 0 Å². The van der Waals surface area contributed by atoms with Crippen molar-refractivity contribution in [2.24, 2.45) is 0 Å². The van der Waals surface area contributed by atoms with E-state index in [9.17, 15) is 0 Å². The van der Waals surface area contributed by atoms with Crippen LogP contribution in [0.5, 0.6) is 0 Å². The standard InChI is InChI=1S/C42H29BrN2S.C24H15Br2NS.C19H14S.C19H16.C6H3Br3/c43-32-26-37(44(33-14-6-2-7-15-33)35-22-20-31(21-23-35)30-12-4-1-5-13-30)28-38(27-32)45(34-16-8-3-9-17-34)36-24-25-42-40(29-36)39-18-10-11-19-41(39)46-42;25-16-12-17(26)14-20(13-16)27(18-6-2-1-3-7-18)19-10-11-24-22(15-19)21-8-4-5-9-23(21)28-24;1-2-6-14(7-3-1)12-15-10-11-19-17(13-15)16-8-4-5-9-18(16)20-19;1-3-7-16(8-4-1)15-17-11-13-19(14-12-17)18-9-5-2-6-10-18;7-4-1-5(8)3-6(9)2-4/h1-29H;1-15H;1-11,13H,12H2;1-14H,15H2;1-3H. The molecule has 0 amide bonds. The van der Waals surface area contributed by atoms with Gasteiger partial charge in [-0.1, -0.05) is 369 Å². The Morgan fingerprint density at radius 1 is 0.156 bits per heavy atom. The van der Waals surface area contributed by atoms with Gasteiger partial charge >= 0.3 is 0 Å². The van der Waals surface area contributed by atoms with Crippen molar-refractivity contribution >= 4 is 241 Å². The third-order valence-electron chi connectivity index (χ3n) is 20.8. The summed E-state index contributed by atoms with van der Waals surface area (Å²) in [5, 5.41) is 7.95. The summed E-state index contributed by atoms with van der Waals surface area (Å²) in [6.07, 6.45) is 2.00. The number of rotatable bonds is 15. The molecule has 0 aliphatic carbocycles. The lowest BCUT2D eigenvalue weighted by Crippen LogP contribution is -2.13. The molecule has 0 atom stereocenters. The zero-order chi connectivity index (χ0) is 83.1. The van der Waals surface area contributed by atoms with Gasteiger partial charge in [0.1, 0.15) is 0 Å². The van der Waals surface area contributed by atoms with Crippen LogP contribution in [0.25, 0.3) is 82.8 Å². The lowest BCUT2D eigenvalue weighted by molar-refractivity contribution is 1.19. The minimum absolute atomic E-state index is 0.996. The van der Waals surface area contributed by atoms with E-state index in [1.54, 1.807) is 0 Å². The first kappa shape index (κ1) is 83.2. The Labute approximate surface area is 774 Å². The Hall–Kier alpha value is -11.1. The smallest absolute Gasteiger partial charge is 0.0493 e. The maximum atomic E-state index is 3.90. The van der Waals surface area contributed by atoms with Gasteiger partial charge in [-0.25, -0.2) is 0 Å². The summed E-state index contributed by atoms with van der Waals surface area (Å²) >= 11 is 26.8. The molecule has 122 heavy (non-hydrogen) atoms. The number of hydrogen-bond acceptors (Lipinski definition) is 6. The Morgan fingerprint density at radius 3 is 0.779 bits per heavy atom. The highest BCUT2D eigenvalue weighted by Gasteiger charge is 2.22. The van der Waals surface area contributed by atoms with Crippen molar-refractivity contribution in [3.05, 3.63) is 492 Å². The molecule has 3 heterocycles. The van der Waals surface area contributed by atoms with Crippen LogP contribution in [0.3, 0.4) is 0 Å². The normalized spacial score (nSPS) is 10.9. The van der Waals surface area contributed by atoms with Gasteiger partial charge in [-0.05, 0) is 227 Å². The van der Waals surface area contributed by atoms with E-state index in [0.29, 0.717) is 0 Å². The highest BCUT2D eigenvalue weighted by Crippen LogP contribution is 2.47. The zero-order valence-electron chi connectivity index (χ0n) is 65.9. The molecule has 0 spiro atoms. The molecule has 0 unspecified atom stereocenters. The van der Waals surface area contributed by atoms with E-state index in [2.05, 4.69) is 523 Å². The largest absolute Gasteiger partial charge is 0.310 e. The molecule has 0 saturated heterocycles. The highest BCUT2D eigenvalue weighted by molar-refractivity contribution is 9.12. The fourth-order valence-electron chi connectivity index (χ4n) is 15.2. The van der Waals surface area contributed by atoms with Crippen LogP contribution < -0.4 is 14.7 Å². The summed E-state index contributed by atoms with van der Waals surface area (Å²) in [5.41, 5.74) is 20.3. The van der Waals surface area contributed by atoms with Crippen molar-refractivity contribution in [3.63, 3.8) is 0 Å². The Morgan fingerprint density at radius 2 is 0.393 bits per heavy atom. The molecule has 0 saturated carbocycles. The fourth-order valence-corrected chi connectivity index (χ4v) is 22.6. The predicted octanol–water partition coefficient (Wildman–Crippen LogP) is 37.0. The number of benzene rings is 18. The van der Waals surface area contributed by atoms with Gasteiger partial charge in [-0.3, -0.25) is 0 Å². The molecular weight excluding hydrogens is 1940 g/mol. The molecule has 18 aromatic carbocycles. The first-order valence-electron chi connectivity index (χ1n) is 39.9. The molecule has 3 nitrogen and oxygen atoms in total. The molecule has 0 bridgehead atoms. The van der Waals surface area contributed by atoms with E-state index in [0.717, 1.165) is 90.9 Å². The molecule has 0 fully saturated rings. The summed E-state index contributed by atoms with van der Waals surface area (Å²) < 4.78 is 14.3. The average Bonchev–Trinajstić information content (AvgIpc) is 1.53. The first-order chi connectivity index (χ1) is 59.9. The van der Waals surface area contributed by atoms with Crippen LogP contribution >= 0.6 is 130 Å². The maximum Gasteiger partial charge on any atom is 0.0493 e. The van der Waals surface area contributed by atoms with Crippen LogP contribution in [-0.2, 0) is 12.8 Å². The monoisotopic (exact) mass is 2010 g/mol. The van der Waals surface area contributed by atoms with Crippen molar-refractivity contribution in [2.75, 3.05) is 14.7 Å². The number of halogens is 6. The number of fused-ring (bicyclic) bond motifs is 9. The average molecular weight is 2020 g/mol. The van der Waals surface area contributed by atoms with Crippen LogP contribution in [-0.4, -0.2) is 0 Å². The van der Waals surface area contributed by atoms with Gasteiger partial charge in [0.05, 0.1) is 0 Å². The second-order valence-electron chi connectivity index (χ2n) is 29.2. The SMILES string of the molecule is Brc1cc(Br)cc(Br)c1.Brc1cc(Br)cc(N(c2ccccc2)c2ccc3sc4ccccc4c3c2)c1.Brc1cc(N(c2ccccc2)c2ccc(-c3ccccc3)cc2)cc(N(c2ccccc2)c2ccc3sc4ccccc4c3c2)c1.c1ccc(Cc2ccc(-c3ccccc3)cc2)cc1.c1ccc(Cc2ccc3sc4ccccc4c3c2)cc1. The van der Waals surface area contributed by atoms with Gasteiger partial charge in [0, 0.05) is 139 Å². The summed E-state index contributed by atoms with van der Waals surface area (Å²) in [7, 11) is 0. The molecule has 12 heteroatoms. The van der Waals surface area contributed by atoms with E-state index in [-0.39, 0.29) is 0 Å². The molecular formula is C110H77Br6N3S3. The molecule has 3 aromatic heterocycles. The summed E-state index contributed by atoms with van der Waals surface area (Å²) in [4.78, 5) is 6.96. The van der Waals surface area contributed by atoms with Crippen molar-refractivity contribution in [2.45, 2.75) is 12.8 Å². The van der Waals surface area contributed by atoms with Crippen LogP contribution in [0, 0.1) is 0 Å². The topological polar surface area (TPSA) is 9.72 Å². The highest BCUT2D eigenvalue weighted by atomic mass is 79.9. The van der Waals surface area contributed by atoms with Crippen molar-refractivity contribution < 1.29 is 0 Å². The Bertz CT molecular complexity index is 7010. The van der Waals surface area contributed by atoms with Crippen LogP contribution in [0.1, 0.15) is 22.3 Å². The van der Waals surface area contributed by atoms with Crippen LogP contribution in [0.4, 0.5) is 51.2 Å². The Balaban J connectivity index is 0.000000119. The molecule has 21 rings (SSSR count). The maximum absolute atomic E-state index is 3.90.